The first kappa shape index (κ1) is 14.1. The summed E-state index contributed by atoms with van der Waals surface area (Å²) >= 11 is 9.44. The van der Waals surface area contributed by atoms with E-state index in [0.717, 1.165) is 22.3 Å². The number of aromatic nitrogens is 2. The molecule has 4 nitrogen and oxygen atoms in total. The van der Waals surface area contributed by atoms with Crippen molar-refractivity contribution in [2.75, 3.05) is 12.4 Å². The number of methoxy groups -OCH3 is 1. The molecule has 19 heavy (non-hydrogen) atoms. The van der Waals surface area contributed by atoms with Crippen LogP contribution in [0.5, 0.6) is 5.75 Å². The van der Waals surface area contributed by atoms with Gasteiger partial charge >= 0.3 is 0 Å². The van der Waals surface area contributed by atoms with Crippen molar-refractivity contribution < 1.29 is 4.74 Å². The highest BCUT2D eigenvalue weighted by Crippen LogP contribution is 2.29. The standard InChI is InChI=1S/C13H13BrClN3O/c1-3-12-17-11(15)7-13(18-12)16-10-6-8(19-2)4-5-9(10)14/h4-7H,3H2,1-2H3,(H,16,17,18). The van der Waals surface area contributed by atoms with Crippen molar-refractivity contribution >= 4 is 39.0 Å². The molecule has 0 aliphatic carbocycles. The Hall–Kier alpha value is -1.33. The van der Waals surface area contributed by atoms with Crippen LogP contribution >= 0.6 is 27.5 Å². The zero-order valence-corrected chi connectivity index (χ0v) is 12.9. The van der Waals surface area contributed by atoms with Crippen LogP contribution in [0.2, 0.25) is 5.15 Å². The topological polar surface area (TPSA) is 47.0 Å². The summed E-state index contributed by atoms with van der Waals surface area (Å²) in [6, 6.07) is 7.35. The minimum absolute atomic E-state index is 0.424. The number of halogens is 2. The first-order valence-corrected chi connectivity index (χ1v) is 6.93. The van der Waals surface area contributed by atoms with Crippen LogP contribution in [-0.2, 0) is 6.42 Å². The molecular weight excluding hydrogens is 330 g/mol. The van der Waals surface area contributed by atoms with Gasteiger partial charge in [0, 0.05) is 23.0 Å². The second-order valence-corrected chi connectivity index (χ2v) is 5.06. The van der Waals surface area contributed by atoms with Crippen LogP contribution in [0, 0.1) is 0 Å². The van der Waals surface area contributed by atoms with Gasteiger partial charge < -0.3 is 10.1 Å². The Balaban J connectivity index is 2.32. The quantitative estimate of drug-likeness (QED) is 0.846. The van der Waals surface area contributed by atoms with Gasteiger partial charge in [0.15, 0.2) is 0 Å². The monoisotopic (exact) mass is 341 g/mol. The molecule has 0 unspecified atom stereocenters. The molecule has 1 aromatic carbocycles. The molecule has 0 saturated carbocycles. The summed E-state index contributed by atoms with van der Waals surface area (Å²) in [6.07, 6.45) is 0.731. The molecule has 0 spiro atoms. The van der Waals surface area contributed by atoms with Gasteiger partial charge in [-0.3, -0.25) is 0 Å². The Labute approximate surface area is 125 Å². The number of aryl methyl sites for hydroxylation is 1. The number of hydrogen-bond acceptors (Lipinski definition) is 4. The molecule has 0 fully saturated rings. The van der Waals surface area contributed by atoms with Gasteiger partial charge in [-0.25, -0.2) is 9.97 Å². The SMILES string of the molecule is CCc1nc(Cl)cc(Nc2cc(OC)ccc2Br)n1. The minimum Gasteiger partial charge on any atom is -0.497 e. The van der Waals surface area contributed by atoms with Gasteiger partial charge in [0.2, 0.25) is 0 Å². The van der Waals surface area contributed by atoms with Gasteiger partial charge in [0.1, 0.15) is 22.5 Å². The molecule has 0 aliphatic heterocycles. The van der Waals surface area contributed by atoms with Crippen LogP contribution in [0.1, 0.15) is 12.7 Å². The van der Waals surface area contributed by atoms with E-state index in [1.165, 1.54) is 0 Å². The van der Waals surface area contributed by atoms with E-state index in [2.05, 4.69) is 31.2 Å². The minimum atomic E-state index is 0.424. The predicted octanol–water partition coefficient (Wildman–Crippen LogP) is 4.21. The summed E-state index contributed by atoms with van der Waals surface area (Å²) in [4.78, 5) is 8.50. The van der Waals surface area contributed by atoms with Gasteiger partial charge in [-0.1, -0.05) is 18.5 Å². The van der Waals surface area contributed by atoms with Crippen LogP contribution in [0.4, 0.5) is 11.5 Å². The third-order valence-electron chi connectivity index (χ3n) is 2.49. The molecule has 100 valence electrons. The molecule has 1 N–H and O–H groups in total. The number of anilines is 2. The van der Waals surface area contributed by atoms with E-state index in [-0.39, 0.29) is 0 Å². The van der Waals surface area contributed by atoms with E-state index >= 15 is 0 Å². The summed E-state index contributed by atoms with van der Waals surface area (Å²) in [7, 11) is 1.63. The number of hydrogen-bond donors (Lipinski definition) is 1. The number of ether oxygens (including phenoxy) is 1. The fourth-order valence-electron chi connectivity index (χ4n) is 1.55. The molecule has 6 heteroatoms. The van der Waals surface area contributed by atoms with E-state index in [1.54, 1.807) is 13.2 Å². The summed E-state index contributed by atoms with van der Waals surface area (Å²) in [6.45, 7) is 1.98. The zero-order chi connectivity index (χ0) is 13.8. The van der Waals surface area contributed by atoms with Gasteiger partial charge in [-0.05, 0) is 28.1 Å². The summed E-state index contributed by atoms with van der Waals surface area (Å²) in [5, 5.41) is 3.62. The van der Waals surface area contributed by atoms with Crippen molar-refractivity contribution in [3.05, 3.63) is 39.7 Å². The highest BCUT2D eigenvalue weighted by molar-refractivity contribution is 9.10. The van der Waals surface area contributed by atoms with Crippen molar-refractivity contribution in [1.29, 1.82) is 0 Å². The third-order valence-corrected chi connectivity index (χ3v) is 3.38. The van der Waals surface area contributed by atoms with Gasteiger partial charge in [-0.15, -0.1) is 0 Å². The Kier molecular flexibility index (Phi) is 4.61. The smallest absolute Gasteiger partial charge is 0.135 e. The van der Waals surface area contributed by atoms with Crippen LogP contribution < -0.4 is 10.1 Å². The van der Waals surface area contributed by atoms with Gasteiger partial charge in [0.25, 0.3) is 0 Å². The fourth-order valence-corrected chi connectivity index (χ4v) is 2.10. The molecule has 0 bridgehead atoms. The Morgan fingerprint density at radius 3 is 2.79 bits per heavy atom. The molecule has 2 aromatic rings. The molecular formula is C13H13BrClN3O. The van der Waals surface area contributed by atoms with Crippen LogP contribution in [0.25, 0.3) is 0 Å². The maximum Gasteiger partial charge on any atom is 0.135 e. The number of benzene rings is 1. The van der Waals surface area contributed by atoms with Crippen LogP contribution in [0.15, 0.2) is 28.7 Å². The Morgan fingerprint density at radius 2 is 2.11 bits per heavy atom. The summed E-state index contributed by atoms with van der Waals surface area (Å²) < 4.78 is 6.11. The van der Waals surface area contributed by atoms with E-state index in [9.17, 15) is 0 Å². The van der Waals surface area contributed by atoms with Crippen LogP contribution in [0.3, 0.4) is 0 Å². The van der Waals surface area contributed by atoms with Gasteiger partial charge in [-0.2, -0.15) is 0 Å². The molecule has 1 heterocycles. The zero-order valence-electron chi connectivity index (χ0n) is 10.6. The first-order chi connectivity index (χ1) is 9.12. The second kappa shape index (κ2) is 6.21. The lowest BCUT2D eigenvalue weighted by molar-refractivity contribution is 0.415. The van der Waals surface area contributed by atoms with Crippen molar-refractivity contribution in [3.63, 3.8) is 0 Å². The fraction of sp³-hybridized carbons (Fsp3) is 0.231. The maximum absolute atomic E-state index is 5.97. The molecule has 0 atom stereocenters. The Bertz CT molecular complexity index is 592. The van der Waals surface area contributed by atoms with E-state index < -0.39 is 0 Å². The molecule has 0 saturated heterocycles. The number of nitrogens with one attached hydrogen (secondary N) is 1. The predicted molar refractivity (Wildman–Crippen MR) is 80.4 cm³/mol. The van der Waals surface area contributed by atoms with Crippen LogP contribution in [-0.4, -0.2) is 17.1 Å². The molecule has 1 aromatic heterocycles. The van der Waals surface area contributed by atoms with Crippen molar-refractivity contribution in [2.24, 2.45) is 0 Å². The lowest BCUT2D eigenvalue weighted by atomic mass is 10.3. The highest BCUT2D eigenvalue weighted by Gasteiger charge is 2.06. The van der Waals surface area contributed by atoms with Gasteiger partial charge in [0.05, 0.1) is 12.8 Å². The van der Waals surface area contributed by atoms with E-state index in [1.807, 2.05) is 25.1 Å². The summed E-state index contributed by atoms with van der Waals surface area (Å²) in [5.41, 5.74) is 0.858. The van der Waals surface area contributed by atoms with E-state index in [4.69, 9.17) is 16.3 Å². The maximum atomic E-state index is 5.97. The van der Waals surface area contributed by atoms with E-state index in [0.29, 0.717) is 16.8 Å². The van der Waals surface area contributed by atoms with Crippen molar-refractivity contribution in [1.82, 2.24) is 9.97 Å². The molecule has 0 aliphatic rings. The molecule has 0 amide bonds. The third kappa shape index (κ3) is 3.58. The lowest BCUT2D eigenvalue weighted by Gasteiger charge is -2.10. The average Bonchev–Trinajstić information content (AvgIpc) is 2.40. The Morgan fingerprint density at radius 1 is 1.32 bits per heavy atom. The van der Waals surface area contributed by atoms with Crippen molar-refractivity contribution in [3.8, 4) is 5.75 Å². The second-order valence-electron chi connectivity index (χ2n) is 3.82. The lowest BCUT2D eigenvalue weighted by Crippen LogP contribution is -2.00. The molecule has 2 rings (SSSR count). The average molecular weight is 343 g/mol. The summed E-state index contributed by atoms with van der Waals surface area (Å²) in [5.74, 6) is 2.13. The van der Waals surface area contributed by atoms with Crippen molar-refractivity contribution in [2.45, 2.75) is 13.3 Å². The number of rotatable bonds is 4. The first-order valence-electron chi connectivity index (χ1n) is 5.76. The highest BCUT2D eigenvalue weighted by atomic mass is 79.9. The normalized spacial score (nSPS) is 10.3. The molecule has 0 radical (unpaired) electrons. The number of nitrogens with zero attached hydrogens (tertiary/aromatic N) is 2. The largest absolute Gasteiger partial charge is 0.497 e.